The average Bonchev–Trinajstić information content (AvgIpc) is 2.90. The van der Waals surface area contributed by atoms with Gasteiger partial charge in [0, 0.05) is 5.56 Å². The van der Waals surface area contributed by atoms with Gasteiger partial charge in [-0.3, -0.25) is 0 Å². The molecule has 1 heterocycles. The number of aromatic carboxylic acids is 1. The van der Waals surface area contributed by atoms with E-state index in [-0.39, 0.29) is 11.2 Å². The smallest absolute Gasteiger partial charge is 0.371 e. The van der Waals surface area contributed by atoms with E-state index in [1.54, 1.807) is 6.07 Å². The number of carboxylic acids is 1. The Balaban J connectivity index is 2.37. The van der Waals surface area contributed by atoms with Crippen molar-refractivity contribution in [2.24, 2.45) is 0 Å². The molecule has 0 saturated heterocycles. The molecule has 0 aliphatic carbocycles. The summed E-state index contributed by atoms with van der Waals surface area (Å²) in [4.78, 5) is 10.9. The SMILES string of the molecule is Cc1cc(Br)c(OC(C)c2ccc(C(=O)O)o2)c(C(C)(C)C)c1. The number of carboxylic acid groups (broad SMARTS) is 1. The third-order valence-corrected chi connectivity index (χ3v) is 4.12. The Morgan fingerprint density at radius 2 is 1.96 bits per heavy atom. The van der Waals surface area contributed by atoms with Crippen LogP contribution in [0.1, 0.15) is 61.2 Å². The zero-order valence-corrected chi connectivity index (χ0v) is 15.5. The second-order valence-electron chi connectivity index (χ2n) is 6.64. The number of aryl methyl sites for hydroxylation is 1. The lowest BCUT2D eigenvalue weighted by Gasteiger charge is -2.26. The van der Waals surface area contributed by atoms with E-state index in [0.717, 1.165) is 21.3 Å². The van der Waals surface area contributed by atoms with Crippen LogP contribution in [0.25, 0.3) is 0 Å². The van der Waals surface area contributed by atoms with Crippen molar-refractivity contribution >= 4 is 21.9 Å². The molecule has 5 heteroatoms. The number of furan rings is 1. The lowest BCUT2D eigenvalue weighted by Crippen LogP contribution is -2.15. The maximum atomic E-state index is 10.9. The van der Waals surface area contributed by atoms with E-state index in [0.29, 0.717) is 5.76 Å². The Bertz CT molecular complexity index is 725. The predicted molar refractivity (Wildman–Crippen MR) is 92.3 cm³/mol. The van der Waals surface area contributed by atoms with Gasteiger partial charge in [0.2, 0.25) is 5.76 Å². The molecule has 1 aromatic heterocycles. The molecule has 2 rings (SSSR count). The zero-order chi connectivity index (χ0) is 17.4. The van der Waals surface area contributed by atoms with Crippen LogP contribution in [0, 0.1) is 6.92 Å². The maximum Gasteiger partial charge on any atom is 0.371 e. The second-order valence-corrected chi connectivity index (χ2v) is 7.50. The van der Waals surface area contributed by atoms with Gasteiger partial charge in [0.15, 0.2) is 6.10 Å². The van der Waals surface area contributed by atoms with E-state index in [1.807, 2.05) is 19.9 Å². The number of hydrogen-bond acceptors (Lipinski definition) is 3. The van der Waals surface area contributed by atoms with Gasteiger partial charge in [-0.05, 0) is 59.0 Å². The fourth-order valence-corrected chi connectivity index (χ4v) is 3.00. The van der Waals surface area contributed by atoms with Crippen LogP contribution >= 0.6 is 15.9 Å². The quantitative estimate of drug-likeness (QED) is 0.761. The van der Waals surface area contributed by atoms with Gasteiger partial charge in [-0.15, -0.1) is 0 Å². The minimum atomic E-state index is -1.09. The Labute approximate surface area is 144 Å². The van der Waals surface area contributed by atoms with Gasteiger partial charge >= 0.3 is 5.97 Å². The Hall–Kier alpha value is -1.75. The molecule has 23 heavy (non-hydrogen) atoms. The van der Waals surface area contributed by atoms with Crippen LogP contribution in [0.5, 0.6) is 5.75 Å². The number of ether oxygens (including phenoxy) is 1. The fraction of sp³-hybridized carbons (Fsp3) is 0.389. The van der Waals surface area contributed by atoms with Gasteiger partial charge in [-0.25, -0.2) is 4.79 Å². The summed E-state index contributed by atoms with van der Waals surface area (Å²) in [7, 11) is 0. The van der Waals surface area contributed by atoms with Crippen LogP contribution < -0.4 is 4.74 Å². The van der Waals surface area contributed by atoms with Crippen LogP contribution in [-0.4, -0.2) is 11.1 Å². The molecule has 0 aliphatic rings. The number of rotatable bonds is 4. The number of hydrogen-bond donors (Lipinski definition) is 1. The summed E-state index contributed by atoms with van der Waals surface area (Å²) >= 11 is 3.57. The first-order valence-electron chi connectivity index (χ1n) is 7.40. The van der Waals surface area contributed by atoms with E-state index in [9.17, 15) is 4.79 Å². The van der Waals surface area contributed by atoms with Gasteiger partial charge in [0.05, 0.1) is 4.47 Å². The predicted octanol–water partition coefficient (Wildman–Crippen LogP) is 5.49. The van der Waals surface area contributed by atoms with Crippen molar-refractivity contribution in [3.8, 4) is 5.75 Å². The highest BCUT2D eigenvalue weighted by Gasteiger charge is 2.24. The molecule has 2 aromatic rings. The lowest BCUT2D eigenvalue weighted by atomic mass is 9.85. The third kappa shape index (κ3) is 3.96. The van der Waals surface area contributed by atoms with Crippen molar-refractivity contribution in [1.82, 2.24) is 0 Å². The molecule has 124 valence electrons. The van der Waals surface area contributed by atoms with Crippen LogP contribution in [0.15, 0.2) is 33.2 Å². The van der Waals surface area contributed by atoms with Gasteiger partial charge in [-0.2, -0.15) is 0 Å². The molecular formula is C18H21BrO4. The van der Waals surface area contributed by atoms with Crippen LogP contribution in [0.4, 0.5) is 0 Å². The second kappa shape index (κ2) is 6.40. The van der Waals surface area contributed by atoms with Crippen molar-refractivity contribution in [3.05, 3.63) is 51.4 Å². The van der Waals surface area contributed by atoms with Crippen LogP contribution in [0.2, 0.25) is 0 Å². The van der Waals surface area contributed by atoms with E-state index < -0.39 is 12.1 Å². The number of benzene rings is 1. The van der Waals surface area contributed by atoms with Gasteiger partial charge in [0.25, 0.3) is 0 Å². The third-order valence-electron chi connectivity index (χ3n) is 3.53. The van der Waals surface area contributed by atoms with E-state index in [4.69, 9.17) is 14.3 Å². The van der Waals surface area contributed by atoms with Crippen molar-refractivity contribution < 1.29 is 19.1 Å². The van der Waals surface area contributed by atoms with Gasteiger partial charge in [0.1, 0.15) is 11.5 Å². The summed E-state index contributed by atoms with van der Waals surface area (Å²) < 4.78 is 12.3. The van der Waals surface area contributed by atoms with Gasteiger partial charge in [-0.1, -0.05) is 26.8 Å². The highest BCUT2D eigenvalue weighted by Crippen LogP contribution is 2.40. The number of carbonyl (C=O) groups is 1. The van der Waals surface area contributed by atoms with E-state index in [2.05, 4.69) is 42.8 Å². The molecule has 0 amide bonds. The summed E-state index contributed by atoms with van der Waals surface area (Å²) in [6.07, 6.45) is -0.400. The fourth-order valence-electron chi connectivity index (χ4n) is 2.33. The molecular weight excluding hydrogens is 360 g/mol. The summed E-state index contributed by atoms with van der Waals surface area (Å²) in [6, 6.07) is 7.18. The minimum absolute atomic E-state index is 0.0843. The normalized spacial score (nSPS) is 13.0. The summed E-state index contributed by atoms with van der Waals surface area (Å²) in [5, 5.41) is 8.95. The molecule has 0 spiro atoms. The lowest BCUT2D eigenvalue weighted by molar-refractivity contribution is 0.0655. The first-order chi connectivity index (χ1) is 10.6. The Morgan fingerprint density at radius 3 is 2.48 bits per heavy atom. The molecule has 0 radical (unpaired) electrons. The minimum Gasteiger partial charge on any atom is -0.481 e. The summed E-state index contributed by atoms with van der Waals surface area (Å²) in [5.41, 5.74) is 2.15. The first kappa shape index (κ1) is 17.6. The highest BCUT2D eigenvalue weighted by molar-refractivity contribution is 9.10. The monoisotopic (exact) mass is 380 g/mol. The van der Waals surface area contributed by atoms with Gasteiger partial charge < -0.3 is 14.3 Å². The number of halogens is 1. The molecule has 1 aromatic carbocycles. The molecule has 1 atom stereocenters. The van der Waals surface area contributed by atoms with Crippen molar-refractivity contribution in [2.45, 2.75) is 46.1 Å². The molecule has 1 unspecified atom stereocenters. The highest BCUT2D eigenvalue weighted by atomic mass is 79.9. The largest absolute Gasteiger partial charge is 0.481 e. The van der Waals surface area contributed by atoms with Crippen molar-refractivity contribution in [3.63, 3.8) is 0 Å². The Kier molecular flexibility index (Phi) is 4.90. The average molecular weight is 381 g/mol. The topological polar surface area (TPSA) is 59.7 Å². The molecule has 0 aliphatic heterocycles. The van der Waals surface area contributed by atoms with Crippen molar-refractivity contribution in [1.29, 1.82) is 0 Å². The zero-order valence-electron chi connectivity index (χ0n) is 13.9. The van der Waals surface area contributed by atoms with E-state index in [1.165, 1.54) is 6.07 Å². The molecule has 0 bridgehead atoms. The van der Waals surface area contributed by atoms with Crippen LogP contribution in [-0.2, 0) is 5.41 Å². The van der Waals surface area contributed by atoms with Crippen LogP contribution in [0.3, 0.4) is 0 Å². The van der Waals surface area contributed by atoms with Crippen molar-refractivity contribution in [2.75, 3.05) is 0 Å². The standard InChI is InChI=1S/C18H21BrO4/c1-10-8-12(18(3,4)5)16(13(19)9-10)22-11(2)14-6-7-15(23-14)17(20)21/h6-9,11H,1-5H3,(H,20,21). The Morgan fingerprint density at radius 1 is 1.30 bits per heavy atom. The molecule has 4 nitrogen and oxygen atoms in total. The first-order valence-corrected chi connectivity index (χ1v) is 8.19. The summed E-state index contributed by atoms with van der Waals surface area (Å²) in [5.74, 6) is 0.0587. The summed E-state index contributed by atoms with van der Waals surface area (Å²) in [6.45, 7) is 10.3. The van der Waals surface area contributed by atoms with E-state index >= 15 is 0 Å². The molecule has 1 N–H and O–H groups in total. The maximum absolute atomic E-state index is 10.9. The molecule has 0 fully saturated rings. The molecule has 0 saturated carbocycles.